The lowest BCUT2D eigenvalue weighted by molar-refractivity contribution is -0.139. The topological polar surface area (TPSA) is 46.6 Å². The average Bonchev–Trinajstić information content (AvgIpc) is 2.16. The highest BCUT2D eigenvalue weighted by Gasteiger charge is 2.29. The molecule has 1 amide bonds. The predicted molar refractivity (Wildman–Crippen MR) is 47.3 cm³/mol. The molecule has 0 N–H and O–H groups in total. The summed E-state index contributed by atoms with van der Waals surface area (Å²) in [4.78, 5) is 23.4. The lowest BCUT2D eigenvalue weighted by atomic mass is 10.0. The second-order valence-corrected chi connectivity index (χ2v) is 3.31. The van der Waals surface area contributed by atoms with Crippen LogP contribution in [0.25, 0.3) is 0 Å². The van der Waals surface area contributed by atoms with Gasteiger partial charge in [0.25, 0.3) is 0 Å². The van der Waals surface area contributed by atoms with Crippen LogP contribution in [0.15, 0.2) is 0 Å². The van der Waals surface area contributed by atoms with Gasteiger partial charge in [-0.25, -0.2) is 0 Å². The minimum Gasteiger partial charge on any atom is -0.380 e. The summed E-state index contributed by atoms with van der Waals surface area (Å²) in [6.07, 6.45) is 2.48. The van der Waals surface area contributed by atoms with Gasteiger partial charge in [0.05, 0.1) is 12.1 Å². The summed E-state index contributed by atoms with van der Waals surface area (Å²) in [6, 6.07) is -0.246. The van der Waals surface area contributed by atoms with Crippen LogP contribution in [0.3, 0.4) is 0 Å². The van der Waals surface area contributed by atoms with E-state index in [1.54, 1.807) is 12.0 Å². The SMILES string of the molecule is CO[C@H]1CC[C@@H](C=O)N(C(C)=O)C1. The average molecular weight is 185 g/mol. The Labute approximate surface area is 77.8 Å². The Morgan fingerprint density at radius 1 is 1.54 bits per heavy atom. The van der Waals surface area contributed by atoms with Gasteiger partial charge in [0, 0.05) is 20.6 Å². The van der Waals surface area contributed by atoms with Gasteiger partial charge in [-0.3, -0.25) is 4.79 Å². The highest BCUT2D eigenvalue weighted by molar-refractivity contribution is 5.77. The predicted octanol–water partition coefficient (Wildman–Crippen LogP) is 0.211. The standard InChI is InChI=1S/C9H15NO3/c1-7(12)10-5-9(13-2)4-3-8(10)6-11/h6,8-9H,3-5H2,1-2H3/t8-,9-/m0/s1. The summed E-state index contributed by atoms with van der Waals surface area (Å²) in [6.45, 7) is 2.02. The summed E-state index contributed by atoms with van der Waals surface area (Å²) in [5, 5.41) is 0. The van der Waals surface area contributed by atoms with Crippen LogP contribution in [0.2, 0.25) is 0 Å². The molecule has 0 bridgehead atoms. The van der Waals surface area contributed by atoms with Gasteiger partial charge in [0.1, 0.15) is 6.29 Å². The number of hydrogen-bond acceptors (Lipinski definition) is 3. The van der Waals surface area contributed by atoms with Crippen molar-refractivity contribution >= 4 is 12.2 Å². The molecule has 1 heterocycles. The van der Waals surface area contributed by atoms with Crippen molar-refractivity contribution in [2.24, 2.45) is 0 Å². The number of carbonyl (C=O) groups is 2. The molecule has 1 aliphatic heterocycles. The highest BCUT2D eigenvalue weighted by atomic mass is 16.5. The molecule has 0 saturated carbocycles. The molecule has 1 fully saturated rings. The lowest BCUT2D eigenvalue weighted by Gasteiger charge is -2.35. The van der Waals surface area contributed by atoms with Gasteiger partial charge < -0.3 is 14.4 Å². The summed E-state index contributed by atoms with van der Waals surface area (Å²) >= 11 is 0. The van der Waals surface area contributed by atoms with E-state index in [2.05, 4.69) is 0 Å². The number of likely N-dealkylation sites (tertiary alicyclic amines) is 1. The molecular weight excluding hydrogens is 170 g/mol. The van der Waals surface area contributed by atoms with Crippen LogP contribution < -0.4 is 0 Å². The van der Waals surface area contributed by atoms with E-state index in [1.165, 1.54) is 6.92 Å². The Balaban J connectivity index is 2.62. The quantitative estimate of drug-likeness (QED) is 0.578. The Hall–Kier alpha value is -0.900. The van der Waals surface area contributed by atoms with Crippen LogP contribution in [-0.4, -0.2) is 42.9 Å². The maximum atomic E-state index is 11.1. The summed E-state index contributed by atoms with van der Waals surface area (Å²) in [5.41, 5.74) is 0. The first kappa shape index (κ1) is 10.2. The third kappa shape index (κ3) is 2.28. The van der Waals surface area contributed by atoms with Gasteiger partial charge in [-0.15, -0.1) is 0 Å². The molecule has 0 spiro atoms. The van der Waals surface area contributed by atoms with Gasteiger partial charge in [0.2, 0.25) is 5.91 Å². The van der Waals surface area contributed by atoms with Gasteiger partial charge in [-0.05, 0) is 12.8 Å². The maximum absolute atomic E-state index is 11.1. The van der Waals surface area contributed by atoms with E-state index in [4.69, 9.17) is 4.74 Å². The monoisotopic (exact) mass is 185 g/mol. The molecule has 74 valence electrons. The molecule has 0 aliphatic carbocycles. The summed E-state index contributed by atoms with van der Waals surface area (Å²) in [7, 11) is 1.63. The molecule has 0 radical (unpaired) electrons. The first-order valence-corrected chi connectivity index (χ1v) is 4.44. The number of hydrogen-bond donors (Lipinski definition) is 0. The zero-order valence-corrected chi connectivity index (χ0v) is 8.03. The number of piperidine rings is 1. The minimum absolute atomic E-state index is 0.0566. The van der Waals surface area contributed by atoms with Crippen molar-refractivity contribution < 1.29 is 14.3 Å². The van der Waals surface area contributed by atoms with Crippen molar-refractivity contribution in [2.75, 3.05) is 13.7 Å². The lowest BCUT2D eigenvalue weighted by Crippen LogP contribution is -2.49. The number of amides is 1. The molecule has 0 unspecified atom stereocenters. The van der Waals surface area contributed by atoms with E-state index in [9.17, 15) is 9.59 Å². The minimum atomic E-state index is -0.246. The Morgan fingerprint density at radius 2 is 2.23 bits per heavy atom. The number of ether oxygens (including phenoxy) is 1. The molecule has 0 aromatic rings. The van der Waals surface area contributed by atoms with E-state index < -0.39 is 0 Å². The maximum Gasteiger partial charge on any atom is 0.220 e. The first-order chi connectivity index (χ1) is 6.19. The third-order valence-corrected chi connectivity index (χ3v) is 2.48. The molecule has 4 heteroatoms. The largest absolute Gasteiger partial charge is 0.380 e. The number of methoxy groups -OCH3 is 1. The van der Waals surface area contributed by atoms with Crippen LogP contribution in [0, 0.1) is 0 Å². The van der Waals surface area contributed by atoms with E-state index in [0.29, 0.717) is 13.0 Å². The van der Waals surface area contributed by atoms with Crippen LogP contribution in [-0.2, 0) is 14.3 Å². The zero-order chi connectivity index (χ0) is 9.84. The highest BCUT2D eigenvalue weighted by Crippen LogP contribution is 2.17. The summed E-state index contributed by atoms with van der Waals surface area (Å²) < 4.78 is 5.15. The molecule has 2 atom stereocenters. The number of rotatable bonds is 2. The van der Waals surface area contributed by atoms with Gasteiger partial charge >= 0.3 is 0 Å². The van der Waals surface area contributed by atoms with E-state index >= 15 is 0 Å². The number of aldehydes is 1. The Morgan fingerprint density at radius 3 is 2.69 bits per heavy atom. The first-order valence-electron chi connectivity index (χ1n) is 4.44. The van der Waals surface area contributed by atoms with Crippen molar-refractivity contribution in [3.8, 4) is 0 Å². The van der Waals surface area contributed by atoms with Gasteiger partial charge in [-0.2, -0.15) is 0 Å². The van der Waals surface area contributed by atoms with Crippen LogP contribution in [0.4, 0.5) is 0 Å². The smallest absolute Gasteiger partial charge is 0.220 e. The Kier molecular flexibility index (Phi) is 3.42. The van der Waals surface area contributed by atoms with Crippen LogP contribution in [0.5, 0.6) is 0 Å². The number of nitrogens with zero attached hydrogens (tertiary/aromatic N) is 1. The molecular formula is C9H15NO3. The molecule has 0 aromatic heterocycles. The van der Waals surface area contributed by atoms with Crippen molar-refractivity contribution in [3.05, 3.63) is 0 Å². The normalized spacial score (nSPS) is 28.6. The second-order valence-electron chi connectivity index (χ2n) is 3.31. The zero-order valence-electron chi connectivity index (χ0n) is 8.03. The fourth-order valence-corrected chi connectivity index (χ4v) is 1.65. The molecule has 1 saturated heterocycles. The second kappa shape index (κ2) is 4.37. The van der Waals surface area contributed by atoms with Crippen molar-refractivity contribution in [2.45, 2.75) is 31.9 Å². The summed E-state index contributed by atoms with van der Waals surface area (Å²) in [5.74, 6) is -0.0566. The van der Waals surface area contributed by atoms with Gasteiger partial charge in [-0.1, -0.05) is 0 Å². The molecule has 1 rings (SSSR count). The van der Waals surface area contributed by atoms with Gasteiger partial charge in [0.15, 0.2) is 0 Å². The van der Waals surface area contributed by atoms with Crippen LogP contribution >= 0.6 is 0 Å². The fraction of sp³-hybridized carbons (Fsp3) is 0.778. The van der Waals surface area contributed by atoms with Crippen molar-refractivity contribution in [1.82, 2.24) is 4.90 Å². The van der Waals surface area contributed by atoms with Crippen LogP contribution in [0.1, 0.15) is 19.8 Å². The molecule has 13 heavy (non-hydrogen) atoms. The number of carbonyl (C=O) groups excluding carboxylic acids is 2. The fourth-order valence-electron chi connectivity index (χ4n) is 1.65. The van der Waals surface area contributed by atoms with E-state index in [-0.39, 0.29) is 18.1 Å². The van der Waals surface area contributed by atoms with Crippen molar-refractivity contribution in [1.29, 1.82) is 0 Å². The molecule has 0 aromatic carbocycles. The van der Waals surface area contributed by atoms with Crippen molar-refractivity contribution in [3.63, 3.8) is 0 Å². The Bertz CT molecular complexity index is 205. The third-order valence-electron chi connectivity index (χ3n) is 2.48. The van der Waals surface area contributed by atoms with E-state index in [1.807, 2.05) is 0 Å². The molecule has 4 nitrogen and oxygen atoms in total. The van der Waals surface area contributed by atoms with E-state index in [0.717, 1.165) is 12.7 Å². The molecule has 1 aliphatic rings.